The van der Waals surface area contributed by atoms with Crippen molar-refractivity contribution in [2.45, 2.75) is 40.2 Å². The molecule has 1 N–H and O–H groups in total. The Morgan fingerprint density at radius 1 is 1.04 bits per heavy atom. The molecule has 2 rings (SSSR count). The maximum absolute atomic E-state index is 12.7. The van der Waals surface area contributed by atoms with Crippen LogP contribution in [0.1, 0.15) is 40.4 Å². The van der Waals surface area contributed by atoms with Crippen LogP contribution in [0, 0.1) is 20.8 Å². The van der Waals surface area contributed by atoms with E-state index in [0.29, 0.717) is 23.4 Å². The molecule has 5 heteroatoms. The summed E-state index contributed by atoms with van der Waals surface area (Å²) < 4.78 is 10.6. The number of rotatable bonds is 6. The van der Waals surface area contributed by atoms with Gasteiger partial charge in [0.15, 0.2) is 6.10 Å². The number of esters is 1. The van der Waals surface area contributed by atoms with Crippen molar-refractivity contribution in [3.63, 3.8) is 0 Å². The van der Waals surface area contributed by atoms with Gasteiger partial charge in [-0.25, -0.2) is 4.79 Å². The summed E-state index contributed by atoms with van der Waals surface area (Å²) in [6.07, 6.45) is -0.105. The summed E-state index contributed by atoms with van der Waals surface area (Å²) in [4.78, 5) is 24.4. The SMILES string of the molecule is CC[C@@H](Oc1ccc(C)cc1C)C(=O)Nc1cc(C(=O)OC)ccc1C. The molecule has 0 bridgehead atoms. The Bertz CT molecular complexity index is 814. The fourth-order valence-corrected chi connectivity index (χ4v) is 2.62. The summed E-state index contributed by atoms with van der Waals surface area (Å²) in [5, 5.41) is 2.86. The highest BCUT2D eigenvalue weighted by Crippen LogP contribution is 2.22. The van der Waals surface area contributed by atoms with Gasteiger partial charge in [-0.15, -0.1) is 0 Å². The number of methoxy groups -OCH3 is 1. The minimum Gasteiger partial charge on any atom is -0.480 e. The average Bonchev–Trinajstić information content (AvgIpc) is 2.62. The van der Waals surface area contributed by atoms with Gasteiger partial charge in [0.1, 0.15) is 5.75 Å². The Morgan fingerprint density at radius 2 is 1.77 bits per heavy atom. The third kappa shape index (κ3) is 4.63. The minimum absolute atomic E-state index is 0.252. The molecule has 0 aliphatic rings. The Morgan fingerprint density at radius 3 is 2.38 bits per heavy atom. The van der Waals surface area contributed by atoms with Gasteiger partial charge < -0.3 is 14.8 Å². The molecule has 1 amide bonds. The molecular formula is C21H25NO4. The maximum Gasteiger partial charge on any atom is 0.337 e. The fourth-order valence-electron chi connectivity index (χ4n) is 2.62. The smallest absolute Gasteiger partial charge is 0.337 e. The molecule has 5 nitrogen and oxygen atoms in total. The topological polar surface area (TPSA) is 64.6 Å². The summed E-state index contributed by atoms with van der Waals surface area (Å²) in [6, 6.07) is 10.9. The first-order valence-corrected chi connectivity index (χ1v) is 8.59. The zero-order valence-electron chi connectivity index (χ0n) is 15.9. The molecule has 0 aromatic heterocycles. The number of carbonyl (C=O) groups is 2. The van der Waals surface area contributed by atoms with Crippen LogP contribution in [0.5, 0.6) is 5.75 Å². The lowest BCUT2D eigenvalue weighted by molar-refractivity contribution is -0.122. The molecule has 2 aromatic rings. The second kappa shape index (κ2) is 8.52. The van der Waals surface area contributed by atoms with Crippen molar-refractivity contribution in [2.75, 3.05) is 12.4 Å². The first kappa shape index (κ1) is 19.5. The zero-order chi connectivity index (χ0) is 19.3. The molecule has 0 aliphatic carbocycles. The Balaban J connectivity index is 2.17. The number of benzene rings is 2. The average molecular weight is 355 g/mol. The van der Waals surface area contributed by atoms with Crippen LogP contribution in [0.15, 0.2) is 36.4 Å². The molecule has 0 aliphatic heterocycles. The van der Waals surface area contributed by atoms with Crippen LogP contribution in [0.4, 0.5) is 5.69 Å². The maximum atomic E-state index is 12.7. The number of anilines is 1. The van der Waals surface area contributed by atoms with E-state index in [1.165, 1.54) is 7.11 Å². The van der Waals surface area contributed by atoms with Crippen molar-refractivity contribution < 1.29 is 19.1 Å². The van der Waals surface area contributed by atoms with E-state index in [2.05, 4.69) is 5.32 Å². The first-order valence-electron chi connectivity index (χ1n) is 8.59. The summed E-state index contributed by atoms with van der Waals surface area (Å²) in [5.74, 6) is -0.00528. The van der Waals surface area contributed by atoms with Crippen molar-refractivity contribution in [3.05, 3.63) is 58.7 Å². The number of hydrogen-bond donors (Lipinski definition) is 1. The highest BCUT2D eigenvalue weighted by Gasteiger charge is 2.20. The molecule has 138 valence electrons. The van der Waals surface area contributed by atoms with Gasteiger partial charge in [-0.05, 0) is 56.5 Å². The summed E-state index contributed by atoms with van der Waals surface area (Å²) in [5.41, 5.74) is 3.94. The van der Waals surface area contributed by atoms with Gasteiger partial charge in [0, 0.05) is 5.69 Å². The van der Waals surface area contributed by atoms with E-state index in [1.807, 2.05) is 45.9 Å². The number of carbonyl (C=O) groups excluding carboxylic acids is 2. The van der Waals surface area contributed by atoms with Crippen LogP contribution in [-0.4, -0.2) is 25.1 Å². The monoisotopic (exact) mass is 355 g/mol. The van der Waals surface area contributed by atoms with E-state index >= 15 is 0 Å². The van der Waals surface area contributed by atoms with Crippen LogP contribution in [-0.2, 0) is 9.53 Å². The second-order valence-corrected chi connectivity index (χ2v) is 6.29. The number of nitrogens with one attached hydrogen (secondary N) is 1. The van der Waals surface area contributed by atoms with Crippen molar-refractivity contribution in [3.8, 4) is 5.75 Å². The summed E-state index contributed by atoms with van der Waals surface area (Å²) >= 11 is 0. The molecular weight excluding hydrogens is 330 g/mol. The van der Waals surface area contributed by atoms with Crippen molar-refractivity contribution in [1.29, 1.82) is 0 Å². The molecule has 2 aromatic carbocycles. The number of amides is 1. The molecule has 0 radical (unpaired) electrons. The molecule has 1 atom stereocenters. The molecule has 0 spiro atoms. The van der Waals surface area contributed by atoms with Crippen LogP contribution < -0.4 is 10.1 Å². The molecule has 0 fully saturated rings. The van der Waals surface area contributed by atoms with Gasteiger partial charge >= 0.3 is 5.97 Å². The van der Waals surface area contributed by atoms with Crippen molar-refractivity contribution in [2.24, 2.45) is 0 Å². The highest BCUT2D eigenvalue weighted by molar-refractivity contribution is 5.97. The zero-order valence-corrected chi connectivity index (χ0v) is 15.9. The van der Waals surface area contributed by atoms with E-state index in [1.54, 1.807) is 18.2 Å². The predicted molar refractivity (Wildman–Crippen MR) is 102 cm³/mol. The molecule has 26 heavy (non-hydrogen) atoms. The summed E-state index contributed by atoms with van der Waals surface area (Å²) in [7, 11) is 1.32. The molecule has 0 heterocycles. The van der Waals surface area contributed by atoms with Crippen LogP contribution >= 0.6 is 0 Å². The second-order valence-electron chi connectivity index (χ2n) is 6.29. The largest absolute Gasteiger partial charge is 0.480 e. The lowest BCUT2D eigenvalue weighted by Gasteiger charge is -2.19. The van der Waals surface area contributed by atoms with E-state index in [-0.39, 0.29) is 5.91 Å². The first-order chi connectivity index (χ1) is 12.3. The minimum atomic E-state index is -0.627. The van der Waals surface area contributed by atoms with E-state index in [9.17, 15) is 9.59 Å². The van der Waals surface area contributed by atoms with Crippen molar-refractivity contribution >= 4 is 17.6 Å². The number of ether oxygens (including phenoxy) is 2. The number of aryl methyl sites for hydroxylation is 3. The van der Waals surface area contributed by atoms with Crippen LogP contribution in [0.2, 0.25) is 0 Å². The van der Waals surface area contributed by atoms with Gasteiger partial charge in [0.25, 0.3) is 5.91 Å². The van der Waals surface area contributed by atoms with E-state index in [4.69, 9.17) is 9.47 Å². The predicted octanol–water partition coefficient (Wildman–Crippen LogP) is 4.19. The lowest BCUT2D eigenvalue weighted by Crippen LogP contribution is -2.32. The molecule has 0 unspecified atom stereocenters. The molecule has 0 saturated heterocycles. The molecule has 0 saturated carbocycles. The van der Waals surface area contributed by atoms with Gasteiger partial charge in [0.2, 0.25) is 0 Å². The standard InChI is InChI=1S/C21H25NO4/c1-6-18(26-19-10-7-13(2)11-15(19)4)20(23)22-17-12-16(21(24)25-5)9-8-14(17)3/h7-12,18H,6H2,1-5H3,(H,22,23)/t18-/m1/s1. The third-order valence-electron chi connectivity index (χ3n) is 4.18. The van der Waals surface area contributed by atoms with Gasteiger partial charge in [-0.3, -0.25) is 4.79 Å². The van der Waals surface area contributed by atoms with E-state index in [0.717, 1.165) is 16.7 Å². The summed E-state index contributed by atoms with van der Waals surface area (Å²) in [6.45, 7) is 7.73. The Kier molecular flexibility index (Phi) is 6.39. The lowest BCUT2D eigenvalue weighted by atomic mass is 10.1. The van der Waals surface area contributed by atoms with Crippen LogP contribution in [0.3, 0.4) is 0 Å². The number of hydrogen-bond acceptors (Lipinski definition) is 4. The van der Waals surface area contributed by atoms with Gasteiger partial charge in [-0.2, -0.15) is 0 Å². The van der Waals surface area contributed by atoms with E-state index < -0.39 is 12.1 Å². The normalized spacial score (nSPS) is 11.6. The Hall–Kier alpha value is -2.82. The highest BCUT2D eigenvalue weighted by atomic mass is 16.5. The van der Waals surface area contributed by atoms with Crippen LogP contribution in [0.25, 0.3) is 0 Å². The fraction of sp³-hybridized carbons (Fsp3) is 0.333. The van der Waals surface area contributed by atoms with Gasteiger partial charge in [0.05, 0.1) is 12.7 Å². The van der Waals surface area contributed by atoms with Gasteiger partial charge in [-0.1, -0.05) is 30.7 Å². The third-order valence-corrected chi connectivity index (χ3v) is 4.18. The van der Waals surface area contributed by atoms with Crippen molar-refractivity contribution in [1.82, 2.24) is 0 Å². The Labute approximate surface area is 154 Å². The quantitative estimate of drug-likeness (QED) is 0.789.